The second-order valence-corrected chi connectivity index (χ2v) is 8.85. The van der Waals surface area contributed by atoms with Gasteiger partial charge in [0.25, 0.3) is 11.8 Å². The molecule has 170 valence electrons. The van der Waals surface area contributed by atoms with Gasteiger partial charge in [-0.15, -0.1) is 23.1 Å². The van der Waals surface area contributed by atoms with Gasteiger partial charge in [0.15, 0.2) is 10.8 Å². The molecule has 13 heteroatoms. The predicted molar refractivity (Wildman–Crippen MR) is 123 cm³/mol. The highest BCUT2D eigenvalue weighted by atomic mass is 32.2. The summed E-state index contributed by atoms with van der Waals surface area (Å²) in [6.07, 6.45) is 6.69. The first-order valence-electron chi connectivity index (χ1n) is 9.53. The Hall–Kier alpha value is -3.71. The number of carboxylic acids is 1. The largest absolute Gasteiger partial charge is 0.477 e. The van der Waals surface area contributed by atoms with Gasteiger partial charge < -0.3 is 21.0 Å². The highest BCUT2D eigenvalue weighted by Crippen LogP contribution is 2.40. The van der Waals surface area contributed by atoms with Crippen molar-refractivity contribution >= 4 is 57.8 Å². The second kappa shape index (κ2) is 9.42. The first-order valence-corrected chi connectivity index (χ1v) is 11.5. The molecule has 1 fully saturated rings. The Labute approximate surface area is 196 Å². The molecule has 0 unspecified atom stereocenters. The van der Waals surface area contributed by atoms with Gasteiger partial charge in [-0.25, -0.2) is 9.78 Å². The Morgan fingerprint density at radius 1 is 1.42 bits per heavy atom. The Balaban J connectivity index is 1.53. The third-order valence-corrected chi connectivity index (χ3v) is 6.79. The van der Waals surface area contributed by atoms with E-state index in [4.69, 9.17) is 10.6 Å². The topological polar surface area (TPSA) is 160 Å². The van der Waals surface area contributed by atoms with Gasteiger partial charge in [-0.3, -0.25) is 19.5 Å². The number of carboxylic acid groups (broad SMARTS) is 1. The molecule has 0 radical (unpaired) electrons. The van der Waals surface area contributed by atoms with E-state index in [1.165, 1.54) is 23.8 Å². The Kier molecular flexibility index (Phi) is 6.42. The summed E-state index contributed by atoms with van der Waals surface area (Å²) < 4.78 is 0. The van der Waals surface area contributed by atoms with Crippen molar-refractivity contribution in [1.29, 1.82) is 0 Å². The number of carbonyl (C=O) groups excluding carboxylic acids is 2. The van der Waals surface area contributed by atoms with Gasteiger partial charge in [0, 0.05) is 23.5 Å². The van der Waals surface area contributed by atoms with Crippen LogP contribution in [0.4, 0.5) is 5.13 Å². The van der Waals surface area contributed by atoms with E-state index in [9.17, 15) is 19.5 Å². The molecule has 2 aromatic heterocycles. The number of β-lactam (4-membered cyclic amide) rings is 1. The van der Waals surface area contributed by atoms with E-state index < -0.39 is 29.2 Å². The summed E-state index contributed by atoms with van der Waals surface area (Å²) in [5.41, 5.74) is 6.89. The van der Waals surface area contributed by atoms with Crippen molar-refractivity contribution in [2.24, 2.45) is 5.16 Å². The van der Waals surface area contributed by atoms with Crippen LogP contribution in [0.3, 0.4) is 0 Å². The number of hydrogen-bond acceptors (Lipinski definition) is 10. The second-order valence-electron chi connectivity index (χ2n) is 6.85. The van der Waals surface area contributed by atoms with Crippen LogP contribution in [-0.4, -0.2) is 67.7 Å². The normalized spacial score (nSPS) is 20.5. The summed E-state index contributed by atoms with van der Waals surface area (Å²) in [7, 11) is 1.28. The number of fused-ring (bicyclic) bond motifs is 1. The highest BCUT2D eigenvalue weighted by Gasteiger charge is 2.54. The fraction of sp³-hybridized carbons (Fsp3) is 0.200. The summed E-state index contributed by atoms with van der Waals surface area (Å²) >= 11 is 2.48. The van der Waals surface area contributed by atoms with Crippen LogP contribution in [0.25, 0.3) is 6.08 Å². The fourth-order valence-corrected chi connectivity index (χ4v) is 5.21. The molecule has 2 aromatic rings. The molecule has 11 nitrogen and oxygen atoms in total. The van der Waals surface area contributed by atoms with Crippen LogP contribution in [0.2, 0.25) is 0 Å². The van der Waals surface area contributed by atoms with Crippen molar-refractivity contribution in [3.8, 4) is 0 Å². The molecule has 2 amide bonds. The number of aromatic nitrogens is 2. The zero-order chi connectivity index (χ0) is 23.5. The number of oxime groups is 1. The molecule has 2 atom stereocenters. The van der Waals surface area contributed by atoms with Crippen molar-refractivity contribution in [3.05, 3.63) is 58.5 Å². The maximum absolute atomic E-state index is 12.8. The lowest BCUT2D eigenvalue weighted by Gasteiger charge is -2.49. The van der Waals surface area contributed by atoms with Gasteiger partial charge in [0.2, 0.25) is 0 Å². The molecular weight excluding hydrogens is 468 g/mol. The zero-order valence-electron chi connectivity index (χ0n) is 17.2. The Bertz CT molecular complexity index is 1190. The molecule has 0 aliphatic carbocycles. The van der Waals surface area contributed by atoms with Gasteiger partial charge in [-0.05, 0) is 17.2 Å². The fourth-order valence-electron chi connectivity index (χ4n) is 3.34. The zero-order valence-corrected chi connectivity index (χ0v) is 18.8. The van der Waals surface area contributed by atoms with Crippen molar-refractivity contribution in [2.45, 2.75) is 11.4 Å². The molecule has 0 bridgehead atoms. The summed E-state index contributed by atoms with van der Waals surface area (Å²) in [5, 5.41) is 17.3. The molecule has 2 aliphatic rings. The molecule has 0 spiro atoms. The number of aliphatic carboxylic acids is 1. The number of nitrogens with two attached hydrogens (primary N) is 1. The predicted octanol–water partition coefficient (Wildman–Crippen LogP) is 0.923. The number of nitrogens with zero attached hydrogens (tertiary/aromatic N) is 4. The monoisotopic (exact) mass is 486 g/mol. The van der Waals surface area contributed by atoms with Gasteiger partial charge in [-0.2, -0.15) is 0 Å². The lowest BCUT2D eigenvalue weighted by atomic mass is 10.0. The van der Waals surface area contributed by atoms with Crippen LogP contribution in [0.15, 0.2) is 52.4 Å². The minimum absolute atomic E-state index is 0.104. The molecule has 0 saturated carbocycles. The van der Waals surface area contributed by atoms with Crippen molar-refractivity contribution in [2.75, 3.05) is 18.6 Å². The van der Waals surface area contributed by atoms with Crippen molar-refractivity contribution in [3.63, 3.8) is 0 Å². The number of allylic oxidation sites excluding steroid dienone is 1. The van der Waals surface area contributed by atoms with Crippen LogP contribution < -0.4 is 11.1 Å². The average molecular weight is 487 g/mol. The molecule has 0 aromatic carbocycles. The molecule has 4 heterocycles. The van der Waals surface area contributed by atoms with Crippen LogP contribution in [0.1, 0.15) is 11.3 Å². The first kappa shape index (κ1) is 22.5. The number of anilines is 1. The number of hydrogen-bond donors (Lipinski definition) is 3. The highest BCUT2D eigenvalue weighted by molar-refractivity contribution is 8.00. The summed E-state index contributed by atoms with van der Waals surface area (Å²) in [4.78, 5) is 51.6. The molecule has 4 rings (SSSR count). The third-order valence-electron chi connectivity index (χ3n) is 4.81. The van der Waals surface area contributed by atoms with Crippen LogP contribution in [0, 0.1) is 0 Å². The minimum Gasteiger partial charge on any atom is -0.477 e. The van der Waals surface area contributed by atoms with Gasteiger partial charge in [0.05, 0.1) is 0 Å². The van der Waals surface area contributed by atoms with Crippen LogP contribution in [-0.2, 0) is 19.2 Å². The van der Waals surface area contributed by atoms with E-state index in [0.29, 0.717) is 11.3 Å². The van der Waals surface area contributed by atoms with Gasteiger partial charge in [-0.1, -0.05) is 23.4 Å². The number of thioether (sulfide) groups is 1. The number of pyridine rings is 1. The van der Waals surface area contributed by atoms with Crippen LogP contribution >= 0.6 is 23.1 Å². The number of nitrogen functional groups attached to an aromatic ring is 1. The standard InChI is InChI=1S/C20H18N6O5S2/c1-31-25-13(12-9-33-20(21)23-12)16(27)24-14-17(28)26-15(19(29)30)11(8-32-18(14)26)5-4-10-3-2-6-22-7-10/h2-7,9,14,18H,8H2,1H3,(H2,21,23)(H,24,27)(H,29,30)/b5-4+,25-13?/t14-,18+/m1/s1. The number of amides is 2. The molecular formula is C20H18N6O5S2. The molecule has 33 heavy (non-hydrogen) atoms. The van der Waals surface area contributed by atoms with E-state index in [1.54, 1.807) is 36.0 Å². The molecule has 4 N–H and O–H groups in total. The number of thiazole rings is 1. The maximum Gasteiger partial charge on any atom is 0.352 e. The average Bonchev–Trinajstić information content (AvgIpc) is 3.25. The van der Waals surface area contributed by atoms with E-state index in [-0.39, 0.29) is 22.2 Å². The molecule has 1 saturated heterocycles. The van der Waals surface area contributed by atoms with E-state index in [0.717, 1.165) is 16.9 Å². The first-order chi connectivity index (χ1) is 15.9. The third kappa shape index (κ3) is 4.45. The maximum atomic E-state index is 12.8. The van der Waals surface area contributed by atoms with Gasteiger partial charge in [0.1, 0.15) is 29.9 Å². The smallest absolute Gasteiger partial charge is 0.352 e. The van der Waals surface area contributed by atoms with Crippen molar-refractivity contribution < 1.29 is 24.3 Å². The van der Waals surface area contributed by atoms with E-state index >= 15 is 0 Å². The molecule has 2 aliphatic heterocycles. The number of nitrogens with one attached hydrogen (secondary N) is 1. The van der Waals surface area contributed by atoms with Crippen molar-refractivity contribution in [1.82, 2.24) is 20.2 Å². The number of carbonyl (C=O) groups is 3. The van der Waals surface area contributed by atoms with Crippen LogP contribution in [0.5, 0.6) is 0 Å². The summed E-state index contributed by atoms with van der Waals surface area (Å²) in [6, 6.07) is 2.68. The van der Waals surface area contributed by atoms with Gasteiger partial charge >= 0.3 is 5.97 Å². The summed E-state index contributed by atoms with van der Waals surface area (Å²) in [6.45, 7) is 0. The van der Waals surface area contributed by atoms with E-state index in [2.05, 4.69) is 20.4 Å². The quantitative estimate of drug-likeness (QED) is 0.294. The Morgan fingerprint density at radius 3 is 2.88 bits per heavy atom. The minimum atomic E-state index is -1.22. The lowest BCUT2D eigenvalue weighted by Crippen LogP contribution is -2.71. The number of rotatable bonds is 7. The summed E-state index contributed by atoms with van der Waals surface area (Å²) in [5.74, 6) is -2.08. The Morgan fingerprint density at radius 2 is 2.24 bits per heavy atom. The lowest BCUT2D eigenvalue weighted by molar-refractivity contribution is -0.150. The SMILES string of the molecule is CON=C(C(=O)N[C@@H]1C(=O)N2C(C(=O)O)=C(/C=C/c3cccnc3)CS[C@@H]12)c1csc(N)n1. The van der Waals surface area contributed by atoms with E-state index in [1.807, 2.05) is 6.07 Å².